The van der Waals surface area contributed by atoms with Gasteiger partial charge in [0.15, 0.2) is 0 Å². The molecule has 1 saturated carbocycles. The average molecular weight is 264 g/mol. The molecule has 5 nitrogen and oxygen atoms in total. The van der Waals surface area contributed by atoms with Crippen LogP contribution in [0.15, 0.2) is 18.3 Å². The molecule has 0 spiro atoms. The highest BCUT2D eigenvalue weighted by molar-refractivity contribution is 5.94. The molecule has 1 heterocycles. The van der Waals surface area contributed by atoms with Gasteiger partial charge in [0.05, 0.1) is 12.2 Å². The van der Waals surface area contributed by atoms with Crippen LogP contribution >= 0.6 is 0 Å². The Morgan fingerprint density at radius 3 is 2.95 bits per heavy atom. The van der Waals surface area contributed by atoms with Crippen molar-refractivity contribution in [2.75, 3.05) is 11.9 Å². The number of aliphatic hydroxyl groups is 1. The van der Waals surface area contributed by atoms with Crippen molar-refractivity contribution in [3.05, 3.63) is 23.9 Å². The molecular weight excluding hydrogens is 244 g/mol. The number of pyridine rings is 1. The van der Waals surface area contributed by atoms with Gasteiger partial charge in [-0.25, -0.2) is 9.78 Å². The highest BCUT2D eigenvalue weighted by Gasteiger charge is 2.29. The lowest BCUT2D eigenvalue weighted by atomic mass is 10.2. The minimum atomic E-state index is -0.397. The SMILES string of the molecule is CC(C)OC(=O)c1cccnc1NCC(O)C1CC1. The van der Waals surface area contributed by atoms with Crippen LogP contribution in [0, 0.1) is 5.92 Å². The van der Waals surface area contributed by atoms with Crippen LogP contribution in [-0.4, -0.2) is 34.8 Å². The van der Waals surface area contributed by atoms with Crippen LogP contribution in [-0.2, 0) is 4.74 Å². The van der Waals surface area contributed by atoms with Crippen molar-refractivity contribution in [2.24, 2.45) is 5.92 Å². The summed E-state index contributed by atoms with van der Waals surface area (Å²) in [6, 6.07) is 3.36. The van der Waals surface area contributed by atoms with Gasteiger partial charge in [0.25, 0.3) is 0 Å². The van der Waals surface area contributed by atoms with E-state index in [1.807, 2.05) is 0 Å². The van der Waals surface area contributed by atoms with E-state index in [1.165, 1.54) is 0 Å². The number of ether oxygens (including phenoxy) is 1. The van der Waals surface area contributed by atoms with Gasteiger partial charge in [0, 0.05) is 12.7 Å². The smallest absolute Gasteiger partial charge is 0.342 e. The van der Waals surface area contributed by atoms with E-state index in [2.05, 4.69) is 10.3 Å². The molecule has 104 valence electrons. The monoisotopic (exact) mass is 264 g/mol. The maximum atomic E-state index is 11.9. The van der Waals surface area contributed by atoms with Crippen LogP contribution in [0.4, 0.5) is 5.82 Å². The van der Waals surface area contributed by atoms with Crippen molar-refractivity contribution in [3.63, 3.8) is 0 Å². The molecule has 0 aliphatic heterocycles. The summed E-state index contributed by atoms with van der Waals surface area (Å²) in [6.45, 7) is 4.01. The number of hydrogen-bond acceptors (Lipinski definition) is 5. The lowest BCUT2D eigenvalue weighted by Crippen LogP contribution is -2.23. The van der Waals surface area contributed by atoms with Crippen molar-refractivity contribution >= 4 is 11.8 Å². The first-order chi connectivity index (χ1) is 9.08. The van der Waals surface area contributed by atoms with E-state index in [9.17, 15) is 9.90 Å². The van der Waals surface area contributed by atoms with E-state index < -0.39 is 5.97 Å². The number of aliphatic hydroxyl groups excluding tert-OH is 1. The zero-order chi connectivity index (χ0) is 13.8. The second-order valence-corrected chi connectivity index (χ2v) is 5.14. The van der Waals surface area contributed by atoms with Gasteiger partial charge in [-0.2, -0.15) is 0 Å². The maximum Gasteiger partial charge on any atom is 0.342 e. The number of esters is 1. The Hall–Kier alpha value is -1.62. The number of anilines is 1. The molecule has 1 fully saturated rings. The molecule has 2 N–H and O–H groups in total. The van der Waals surface area contributed by atoms with Crippen LogP contribution in [0.1, 0.15) is 37.0 Å². The van der Waals surface area contributed by atoms with Gasteiger partial charge >= 0.3 is 5.97 Å². The number of nitrogens with zero attached hydrogens (tertiary/aromatic N) is 1. The third-order valence-corrected chi connectivity index (χ3v) is 3.02. The fourth-order valence-corrected chi connectivity index (χ4v) is 1.84. The van der Waals surface area contributed by atoms with Gasteiger partial charge in [-0.05, 0) is 44.7 Å². The number of rotatable bonds is 6. The second kappa shape index (κ2) is 6.02. The van der Waals surface area contributed by atoms with Crippen molar-refractivity contribution < 1.29 is 14.6 Å². The van der Waals surface area contributed by atoms with E-state index in [-0.39, 0.29) is 12.2 Å². The first-order valence-corrected chi connectivity index (χ1v) is 6.66. The molecule has 0 radical (unpaired) electrons. The zero-order valence-electron chi connectivity index (χ0n) is 11.3. The standard InChI is InChI=1S/C14H20N2O3/c1-9(2)19-14(18)11-4-3-7-15-13(11)16-8-12(17)10-5-6-10/h3-4,7,9-10,12,17H,5-6,8H2,1-2H3,(H,15,16). The van der Waals surface area contributed by atoms with Gasteiger partial charge in [-0.3, -0.25) is 0 Å². The van der Waals surface area contributed by atoms with E-state index in [0.29, 0.717) is 23.8 Å². The number of hydrogen-bond donors (Lipinski definition) is 2. The van der Waals surface area contributed by atoms with E-state index >= 15 is 0 Å². The summed E-state index contributed by atoms with van der Waals surface area (Å²) in [5.41, 5.74) is 0.402. The Kier molecular flexibility index (Phi) is 4.37. The topological polar surface area (TPSA) is 71.5 Å². The molecule has 1 aliphatic rings. The fourth-order valence-electron chi connectivity index (χ4n) is 1.84. The second-order valence-electron chi connectivity index (χ2n) is 5.14. The van der Waals surface area contributed by atoms with Gasteiger partial charge in [-0.15, -0.1) is 0 Å². The minimum Gasteiger partial charge on any atom is -0.459 e. The first kappa shape index (κ1) is 13.8. The van der Waals surface area contributed by atoms with Gasteiger partial charge in [0.2, 0.25) is 0 Å². The molecule has 0 aromatic carbocycles. The van der Waals surface area contributed by atoms with E-state index in [1.54, 1.807) is 32.2 Å². The highest BCUT2D eigenvalue weighted by Crippen LogP contribution is 2.32. The first-order valence-electron chi connectivity index (χ1n) is 6.66. The molecule has 1 aromatic rings. The van der Waals surface area contributed by atoms with E-state index in [0.717, 1.165) is 12.8 Å². The predicted octanol–water partition coefficient (Wildman–Crippen LogP) is 1.83. The average Bonchev–Trinajstić information content (AvgIpc) is 3.19. The summed E-state index contributed by atoms with van der Waals surface area (Å²) < 4.78 is 5.16. The Balaban J connectivity index is 2.00. The lowest BCUT2D eigenvalue weighted by molar-refractivity contribution is 0.0378. The van der Waals surface area contributed by atoms with Gasteiger partial charge < -0.3 is 15.2 Å². The minimum absolute atomic E-state index is 0.169. The Morgan fingerprint density at radius 2 is 2.32 bits per heavy atom. The van der Waals surface area contributed by atoms with E-state index in [4.69, 9.17) is 4.74 Å². The fraction of sp³-hybridized carbons (Fsp3) is 0.571. The summed E-state index contributed by atoms with van der Waals surface area (Å²) in [4.78, 5) is 16.0. The summed E-state index contributed by atoms with van der Waals surface area (Å²) in [6.07, 6.45) is 3.21. The molecule has 1 unspecified atom stereocenters. The number of carbonyl (C=O) groups excluding carboxylic acids is 1. The molecule has 1 atom stereocenters. The largest absolute Gasteiger partial charge is 0.459 e. The molecule has 0 saturated heterocycles. The Morgan fingerprint density at radius 1 is 1.58 bits per heavy atom. The third-order valence-electron chi connectivity index (χ3n) is 3.02. The lowest BCUT2D eigenvalue weighted by Gasteiger charge is -2.14. The molecular formula is C14H20N2O3. The molecule has 1 aliphatic carbocycles. The maximum absolute atomic E-state index is 11.9. The van der Waals surface area contributed by atoms with Gasteiger partial charge in [-0.1, -0.05) is 0 Å². The summed E-state index contributed by atoms with van der Waals surface area (Å²) in [5, 5.41) is 12.8. The van der Waals surface area contributed by atoms with Crippen LogP contribution in [0.3, 0.4) is 0 Å². The summed E-state index contributed by atoms with van der Waals surface area (Å²) >= 11 is 0. The molecule has 0 bridgehead atoms. The Bertz CT molecular complexity index is 444. The normalized spacial score (nSPS) is 16.2. The molecule has 5 heteroatoms. The van der Waals surface area contributed by atoms with Crippen molar-refractivity contribution in [3.8, 4) is 0 Å². The van der Waals surface area contributed by atoms with Crippen molar-refractivity contribution in [1.29, 1.82) is 0 Å². The van der Waals surface area contributed by atoms with Crippen LogP contribution in [0.5, 0.6) is 0 Å². The number of nitrogens with one attached hydrogen (secondary N) is 1. The molecule has 0 amide bonds. The number of carbonyl (C=O) groups is 1. The summed E-state index contributed by atoms with van der Waals surface area (Å²) in [5.74, 6) is 0.460. The van der Waals surface area contributed by atoms with Crippen molar-refractivity contribution in [2.45, 2.75) is 38.9 Å². The van der Waals surface area contributed by atoms with Crippen LogP contribution < -0.4 is 5.32 Å². The predicted molar refractivity (Wildman–Crippen MR) is 72.0 cm³/mol. The Labute approximate surface area is 113 Å². The number of aromatic nitrogens is 1. The molecule has 2 rings (SSSR count). The molecule has 19 heavy (non-hydrogen) atoms. The summed E-state index contributed by atoms with van der Waals surface area (Å²) in [7, 11) is 0. The quantitative estimate of drug-likeness (QED) is 0.767. The van der Waals surface area contributed by atoms with Crippen molar-refractivity contribution in [1.82, 2.24) is 4.98 Å². The molecule has 1 aromatic heterocycles. The zero-order valence-corrected chi connectivity index (χ0v) is 11.3. The third kappa shape index (κ3) is 3.92. The van der Waals surface area contributed by atoms with Crippen LogP contribution in [0.25, 0.3) is 0 Å². The van der Waals surface area contributed by atoms with Crippen LogP contribution in [0.2, 0.25) is 0 Å². The van der Waals surface area contributed by atoms with Gasteiger partial charge in [0.1, 0.15) is 11.4 Å². The highest BCUT2D eigenvalue weighted by atomic mass is 16.5.